The van der Waals surface area contributed by atoms with Crippen molar-refractivity contribution in [2.24, 2.45) is 0 Å². The normalized spacial score (nSPS) is 11.8. The number of hydrogen-bond donors (Lipinski definition) is 3. The topological polar surface area (TPSA) is 87.3 Å². The van der Waals surface area contributed by atoms with Crippen LogP contribution in [-0.4, -0.2) is 23.0 Å². The molecule has 3 amide bonds. The fourth-order valence-corrected chi connectivity index (χ4v) is 4.76. The first-order valence-electron chi connectivity index (χ1n) is 12.3. The molecule has 0 radical (unpaired) electrons. The molecule has 1 unspecified atom stereocenters. The molecule has 0 aliphatic heterocycles. The average molecular weight is 619 g/mol. The zero-order valence-corrected chi connectivity index (χ0v) is 23.8. The van der Waals surface area contributed by atoms with Gasteiger partial charge in [-0.3, -0.25) is 14.4 Å². The van der Waals surface area contributed by atoms with E-state index in [4.69, 9.17) is 0 Å². The Balaban J connectivity index is 1.41. The second-order valence-corrected chi connectivity index (χ2v) is 11.0. The summed E-state index contributed by atoms with van der Waals surface area (Å²) in [5.74, 6) is -1.76. The van der Waals surface area contributed by atoms with E-state index in [1.165, 1.54) is 23.9 Å². The number of rotatable bonds is 9. The highest BCUT2D eigenvalue weighted by molar-refractivity contribution is 9.10. The highest BCUT2D eigenvalue weighted by atomic mass is 79.9. The van der Waals surface area contributed by atoms with Gasteiger partial charge in [-0.05, 0) is 73.2 Å². The SMILES string of the molecule is CC(Sc1ccc(NC(=O)/C(=C/c2ccccc2)NC(=O)c2ccccc2)cc1)C(=O)Nc1ccc(Br)cc1F. The molecule has 0 spiro atoms. The lowest BCUT2D eigenvalue weighted by Crippen LogP contribution is -2.30. The number of thioether (sulfide) groups is 1. The van der Waals surface area contributed by atoms with E-state index < -0.39 is 22.9 Å². The Labute approximate surface area is 244 Å². The van der Waals surface area contributed by atoms with E-state index in [0.717, 1.165) is 10.5 Å². The van der Waals surface area contributed by atoms with Gasteiger partial charge < -0.3 is 16.0 Å². The van der Waals surface area contributed by atoms with Crippen molar-refractivity contribution in [3.8, 4) is 0 Å². The molecule has 0 saturated carbocycles. The van der Waals surface area contributed by atoms with Gasteiger partial charge in [-0.2, -0.15) is 0 Å². The molecular weight excluding hydrogens is 593 g/mol. The van der Waals surface area contributed by atoms with Gasteiger partial charge in [0.25, 0.3) is 11.8 Å². The van der Waals surface area contributed by atoms with Crippen molar-refractivity contribution >= 4 is 62.9 Å². The highest BCUT2D eigenvalue weighted by Gasteiger charge is 2.18. The molecule has 0 aliphatic rings. The maximum atomic E-state index is 14.1. The number of halogens is 2. The van der Waals surface area contributed by atoms with Gasteiger partial charge in [-0.15, -0.1) is 11.8 Å². The molecule has 3 N–H and O–H groups in total. The van der Waals surface area contributed by atoms with Crippen LogP contribution in [0.4, 0.5) is 15.8 Å². The van der Waals surface area contributed by atoms with Crippen LogP contribution < -0.4 is 16.0 Å². The first kappa shape index (κ1) is 28.8. The van der Waals surface area contributed by atoms with Gasteiger partial charge in [0.15, 0.2) is 0 Å². The third-order valence-electron chi connectivity index (χ3n) is 5.62. The maximum absolute atomic E-state index is 14.1. The fraction of sp³-hybridized carbons (Fsp3) is 0.0645. The third-order valence-corrected chi connectivity index (χ3v) is 7.23. The van der Waals surface area contributed by atoms with E-state index in [0.29, 0.717) is 15.7 Å². The lowest BCUT2D eigenvalue weighted by Gasteiger charge is -2.14. The van der Waals surface area contributed by atoms with E-state index in [9.17, 15) is 18.8 Å². The summed E-state index contributed by atoms with van der Waals surface area (Å²) in [6.07, 6.45) is 1.61. The van der Waals surface area contributed by atoms with E-state index >= 15 is 0 Å². The van der Waals surface area contributed by atoms with Crippen LogP contribution in [0.15, 0.2) is 118 Å². The van der Waals surface area contributed by atoms with Crippen molar-refractivity contribution in [1.82, 2.24) is 5.32 Å². The van der Waals surface area contributed by atoms with E-state index in [1.54, 1.807) is 67.6 Å². The molecule has 6 nitrogen and oxygen atoms in total. The average Bonchev–Trinajstić information content (AvgIpc) is 2.96. The Bertz CT molecular complexity index is 1530. The van der Waals surface area contributed by atoms with E-state index in [2.05, 4.69) is 31.9 Å². The van der Waals surface area contributed by atoms with Crippen molar-refractivity contribution in [2.45, 2.75) is 17.1 Å². The van der Waals surface area contributed by atoms with Crippen LogP contribution in [0.5, 0.6) is 0 Å². The maximum Gasteiger partial charge on any atom is 0.272 e. The van der Waals surface area contributed by atoms with Gasteiger partial charge >= 0.3 is 0 Å². The Morgan fingerprint density at radius 1 is 0.850 bits per heavy atom. The summed E-state index contributed by atoms with van der Waals surface area (Å²) < 4.78 is 14.7. The number of anilines is 2. The summed E-state index contributed by atoms with van der Waals surface area (Å²) in [4.78, 5) is 39.3. The fourth-order valence-electron chi connectivity index (χ4n) is 3.56. The van der Waals surface area contributed by atoms with Crippen LogP contribution >= 0.6 is 27.7 Å². The molecular formula is C31H25BrFN3O3S. The number of carbonyl (C=O) groups excluding carboxylic acids is 3. The van der Waals surface area contributed by atoms with Gasteiger partial charge in [0, 0.05) is 20.6 Å². The predicted molar refractivity (Wildman–Crippen MR) is 161 cm³/mol. The Morgan fingerprint density at radius 2 is 1.50 bits per heavy atom. The summed E-state index contributed by atoms with van der Waals surface area (Å²) in [6.45, 7) is 1.72. The minimum atomic E-state index is -0.527. The van der Waals surface area contributed by atoms with Crippen molar-refractivity contribution in [1.29, 1.82) is 0 Å². The van der Waals surface area contributed by atoms with Crippen molar-refractivity contribution in [3.63, 3.8) is 0 Å². The Hall–Kier alpha value is -4.21. The van der Waals surface area contributed by atoms with Crippen LogP contribution in [-0.2, 0) is 9.59 Å². The largest absolute Gasteiger partial charge is 0.323 e. The number of amides is 3. The van der Waals surface area contributed by atoms with E-state index in [1.807, 2.05) is 36.4 Å². The van der Waals surface area contributed by atoms with E-state index in [-0.39, 0.29) is 17.3 Å². The van der Waals surface area contributed by atoms with Crippen LogP contribution in [0.3, 0.4) is 0 Å². The summed E-state index contributed by atoms with van der Waals surface area (Å²) in [5.41, 5.74) is 1.89. The third kappa shape index (κ3) is 8.14. The summed E-state index contributed by atoms with van der Waals surface area (Å²) in [6, 6.07) is 29.2. The Kier molecular flexibility index (Phi) is 9.88. The molecule has 9 heteroatoms. The molecule has 40 heavy (non-hydrogen) atoms. The number of benzene rings is 4. The number of hydrogen-bond acceptors (Lipinski definition) is 4. The lowest BCUT2D eigenvalue weighted by molar-refractivity contribution is -0.115. The van der Waals surface area contributed by atoms with Gasteiger partial charge in [0.05, 0.1) is 10.9 Å². The molecule has 0 aromatic heterocycles. The van der Waals surface area contributed by atoms with Crippen LogP contribution in [0, 0.1) is 5.82 Å². The highest BCUT2D eigenvalue weighted by Crippen LogP contribution is 2.27. The van der Waals surface area contributed by atoms with Crippen molar-refractivity contribution in [3.05, 3.63) is 130 Å². The van der Waals surface area contributed by atoms with Gasteiger partial charge in [0.2, 0.25) is 5.91 Å². The smallest absolute Gasteiger partial charge is 0.272 e. The molecule has 4 rings (SSSR count). The van der Waals surface area contributed by atoms with Gasteiger partial charge in [-0.1, -0.05) is 64.5 Å². The minimum absolute atomic E-state index is 0.0870. The zero-order valence-electron chi connectivity index (χ0n) is 21.4. The summed E-state index contributed by atoms with van der Waals surface area (Å²) in [7, 11) is 0. The standard InChI is InChI=1S/C31H25BrFN3O3S/c1-20(29(37)35-27-17-12-23(32)19-26(27)33)40-25-15-13-24(14-16-25)34-31(39)28(18-21-8-4-2-5-9-21)36-30(38)22-10-6-3-7-11-22/h2-20H,1H3,(H,34,39)(H,35,37)(H,36,38)/b28-18-. The molecule has 0 heterocycles. The zero-order chi connectivity index (χ0) is 28.5. The van der Waals surface area contributed by atoms with Crippen molar-refractivity contribution in [2.75, 3.05) is 10.6 Å². The predicted octanol–water partition coefficient (Wildman–Crippen LogP) is 7.12. The molecule has 4 aromatic rings. The first-order chi connectivity index (χ1) is 19.3. The van der Waals surface area contributed by atoms with Crippen LogP contribution in [0.2, 0.25) is 0 Å². The van der Waals surface area contributed by atoms with Crippen LogP contribution in [0.25, 0.3) is 6.08 Å². The molecule has 202 valence electrons. The molecule has 0 fully saturated rings. The van der Waals surface area contributed by atoms with Crippen LogP contribution in [0.1, 0.15) is 22.8 Å². The van der Waals surface area contributed by atoms with Gasteiger partial charge in [0.1, 0.15) is 11.5 Å². The molecule has 4 aromatic carbocycles. The number of carbonyl (C=O) groups is 3. The second-order valence-electron chi connectivity index (χ2n) is 8.64. The minimum Gasteiger partial charge on any atom is -0.323 e. The Morgan fingerprint density at radius 3 is 2.15 bits per heavy atom. The molecule has 0 bridgehead atoms. The van der Waals surface area contributed by atoms with Crippen molar-refractivity contribution < 1.29 is 18.8 Å². The quantitative estimate of drug-likeness (QED) is 0.138. The van der Waals surface area contributed by atoms with Gasteiger partial charge in [-0.25, -0.2) is 4.39 Å². The number of nitrogens with one attached hydrogen (secondary N) is 3. The summed E-state index contributed by atoms with van der Waals surface area (Å²) >= 11 is 4.49. The molecule has 1 atom stereocenters. The summed E-state index contributed by atoms with van der Waals surface area (Å²) in [5, 5.41) is 7.62. The second kappa shape index (κ2) is 13.7. The first-order valence-corrected chi connectivity index (χ1v) is 13.9. The monoisotopic (exact) mass is 617 g/mol. The molecule has 0 saturated heterocycles. The lowest BCUT2D eigenvalue weighted by atomic mass is 10.1. The molecule has 0 aliphatic carbocycles.